The molecule has 2 aromatic rings. The van der Waals surface area contributed by atoms with Crippen LogP contribution in [0.4, 0.5) is 10.5 Å². The first kappa shape index (κ1) is 20.0. The summed E-state index contributed by atoms with van der Waals surface area (Å²) >= 11 is 0. The zero-order valence-electron chi connectivity index (χ0n) is 16.3. The van der Waals surface area contributed by atoms with Crippen LogP contribution in [0.3, 0.4) is 0 Å². The van der Waals surface area contributed by atoms with Gasteiger partial charge in [-0.25, -0.2) is 4.79 Å². The molecule has 0 aromatic heterocycles. The molecule has 1 aliphatic heterocycles. The van der Waals surface area contributed by atoms with Crippen molar-refractivity contribution in [1.82, 2.24) is 10.2 Å². The Labute approximate surface area is 165 Å². The van der Waals surface area contributed by atoms with Gasteiger partial charge < -0.3 is 24.8 Å². The average molecular weight is 385 g/mol. The second kappa shape index (κ2) is 9.96. The molecule has 1 atom stereocenters. The Morgan fingerprint density at radius 2 is 1.57 bits per heavy atom. The first-order valence-electron chi connectivity index (χ1n) is 9.34. The van der Waals surface area contributed by atoms with Gasteiger partial charge in [-0.2, -0.15) is 0 Å². The summed E-state index contributed by atoms with van der Waals surface area (Å²) in [5.74, 6) is 1.56. The third-order valence-electron chi connectivity index (χ3n) is 4.79. The molecule has 2 aromatic carbocycles. The molecule has 7 nitrogen and oxygen atoms in total. The van der Waals surface area contributed by atoms with Crippen molar-refractivity contribution in [3.05, 3.63) is 54.1 Å². The summed E-state index contributed by atoms with van der Waals surface area (Å²) in [5, 5.41) is 5.84. The van der Waals surface area contributed by atoms with Gasteiger partial charge in [0.05, 0.1) is 33.5 Å². The highest BCUT2D eigenvalue weighted by Gasteiger charge is 2.23. The highest BCUT2D eigenvalue weighted by atomic mass is 16.5. The minimum atomic E-state index is -0.239. The second-order valence-electron chi connectivity index (χ2n) is 6.50. The fourth-order valence-corrected chi connectivity index (χ4v) is 3.21. The lowest BCUT2D eigenvalue weighted by molar-refractivity contribution is 0.0167. The summed E-state index contributed by atoms with van der Waals surface area (Å²) in [4.78, 5) is 14.7. The smallest absolute Gasteiger partial charge is 0.319 e. The van der Waals surface area contributed by atoms with Crippen LogP contribution in [0.25, 0.3) is 0 Å². The lowest BCUT2D eigenvalue weighted by Crippen LogP contribution is -2.44. The standard InChI is InChI=1S/C21H27N3O4/c1-26-18-7-3-16(4-8-18)20(24-11-13-28-14-12-24)15-22-21(25)23-17-5-9-19(27-2)10-6-17/h3-10,20H,11-15H2,1-2H3,(H2,22,23,25). The maximum atomic E-state index is 12.4. The summed E-state index contributed by atoms with van der Waals surface area (Å²) in [6.45, 7) is 3.56. The monoisotopic (exact) mass is 385 g/mol. The van der Waals surface area contributed by atoms with Gasteiger partial charge in [0.1, 0.15) is 11.5 Å². The van der Waals surface area contributed by atoms with E-state index in [0.717, 1.165) is 30.2 Å². The summed E-state index contributed by atoms with van der Waals surface area (Å²) in [5.41, 5.74) is 1.85. The predicted octanol–water partition coefficient (Wildman–Crippen LogP) is 2.90. The number of carbonyl (C=O) groups is 1. The van der Waals surface area contributed by atoms with E-state index in [0.29, 0.717) is 25.4 Å². The summed E-state index contributed by atoms with van der Waals surface area (Å²) < 4.78 is 15.9. The van der Waals surface area contributed by atoms with Crippen LogP contribution in [0.15, 0.2) is 48.5 Å². The molecule has 150 valence electrons. The Kier molecular flexibility index (Phi) is 7.11. The van der Waals surface area contributed by atoms with Gasteiger partial charge in [0, 0.05) is 25.3 Å². The van der Waals surface area contributed by atoms with Crippen LogP contribution in [0.5, 0.6) is 11.5 Å². The highest BCUT2D eigenvalue weighted by Crippen LogP contribution is 2.24. The van der Waals surface area contributed by atoms with Crippen LogP contribution in [0, 0.1) is 0 Å². The lowest BCUT2D eigenvalue weighted by atomic mass is 10.0. The summed E-state index contributed by atoms with van der Waals surface area (Å²) in [6, 6.07) is 15.0. The van der Waals surface area contributed by atoms with Gasteiger partial charge in [-0.1, -0.05) is 12.1 Å². The number of hydrogen-bond donors (Lipinski definition) is 2. The van der Waals surface area contributed by atoms with Gasteiger partial charge in [0.2, 0.25) is 0 Å². The number of benzene rings is 2. The number of amides is 2. The minimum Gasteiger partial charge on any atom is -0.497 e. The highest BCUT2D eigenvalue weighted by molar-refractivity contribution is 5.89. The predicted molar refractivity (Wildman–Crippen MR) is 108 cm³/mol. The molecule has 0 radical (unpaired) electrons. The molecule has 0 saturated carbocycles. The number of nitrogens with zero attached hydrogens (tertiary/aromatic N) is 1. The SMILES string of the molecule is COc1ccc(NC(=O)NCC(c2ccc(OC)cc2)N2CCOCC2)cc1. The van der Waals surface area contributed by atoms with E-state index in [1.807, 2.05) is 36.4 Å². The molecule has 0 spiro atoms. The molecule has 2 amide bonds. The van der Waals surface area contributed by atoms with Gasteiger partial charge in [-0.05, 0) is 42.0 Å². The van der Waals surface area contributed by atoms with E-state index in [4.69, 9.17) is 14.2 Å². The largest absolute Gasteiger partial charge is 0.497 e. The number of nitrogens with one attached hydrogen (secondary N) is 2. The Hall–Kier alpha value is -2.77. The van der Waals surface area contributed by atoms with E-state index in [-0.39, 0.29) is 12.1 Å². The summed E-state index contributed by atoms with van der Waals surface area (Å²) in [7, 11) is 3.26. The maximum absolute atomic E-state index is 12.4. The minimum absolute atomic E-state index is 0.0661. The van der Waals surface area contributed by atoms with Crippen molar-refractivity contribution in [3.8, 4) is 11.5 Å². The first-order chi connectivity index (χ1) is 13.7. The Morgan fingerprint density at radius 3 is 2.14 bits per heavy atom. The molecule has 1 aliphatic rings. The van der Waals surface area contributed by atoms with E-state index in [9.17, 15) is 4.79 Å². The van der Waals surface area contributed by atoms with E-state index in [2.05, 4.69) is 15.5 Å². The molecule has 1 saturated heterocycles. The molecular formula is C21H27N3O4. The Balaban J connectivity index is 1.63. The van der Waals surface area contributed by atoms with Crippen LogP contribution in [0.2, 0.25) is 0 Å². The van der Waals surface area contributed by atoms with Gasteiger partial charge >= 0.3 is 6.03 Å². The third kappa shape index (κ3) is 5.37. The van der Waals surface area contributed by atoms with E-state index < -0.39 is 0 Å². The number of hydrogen-bond acceptors (Lipinski definition) is 5. The number of urea groups is 1. The first-order valence-corrected chi connectivity index (χ1v) is 9.34. The van der Waals surface area contributed by atoms with Crippen LogP contribution in [-0.4, -0.2) is 58.0 Å². The average Bonchev–Trinajstić information content (AvgIpc) is 2.75. The van der Waals surface area contributed by atoms with Gasteiger partial charge in [0.15, 0.2) is 0 Å². The van der Waals surface area contributed by atoms with Crippen LogP contribution >= 0.6 is 0 Å². The van der Waals surface area contributed by atoms with Crippen molar-refractivity contribution in [2.75, 3.05) is 52.4 Å². The van der Waals surface area contributed by atoms with Gasteiger partial charge in [-0.15, -0.1) is 0 Å². The van der Waals surface area contributed by atoms with E-state index in [1.165, 1.54) is 0 Å². The van der Waals surface area contributed by atoms with Crippen LogP contribution < -0.4 is 20.1 Å². The van der Waals surface area contributed by atoms with E-state index >= 15 is 0 Å². The number of rotatable bonds is 7. The fourth-order valence-electron chi connectivity index (χ4n) is 3.21. The molecule has 28 heavy (non-hydrogen) atoms. The molecule has 3 rings (SSSR count). The van der Waals surface area contributed by atoms with Crippen LogP contribution in [-0.2, 0) is 4.74 Å². The fraction of sp³-hybridized carbons (Fsp3) is 0.381. The third-order valence-corrected chi connectivity index (χ3v) is 4.79. The second-order valence-corrected chi connectivity index (χ2v) is 6.50. The number of morpholine rings is 1. The molecule has 2 N–H and O–H groups in total. The molecule has 1 heterocycles. The molecule has 0 bridgehead atoms. The van der Waals surface area contributed by atoms with E-state index in [1.54, 1.807) is 26.4 Å². The number of carbonyl (C=O) groups excluding carboxylic acids is 1. The van der Waals surface area contributed by atoms with Crippen molar-refractivity contribution in [3.63, 3.8) is 0 Å². The molecule has 1 unspecified atom stereocenters. The summed E-state index contributed by atoms with van der Waals surface area (Å²) in [6.07, 6.45) is 0. The zero-order chi connectivity index (χ0) is 19.8. The normalized spacial score (nSPS) is 15.5. The van der Waals surface area contributed by atoms with Crippen molar-refractivity contribution >= 4 is 11.7 Å². The van der Waals surface area contributed by atoms with Gasteiger partial charge in [0.25, 0.3) is 0 Å². The Bertz CT molecular complexity index is 743. The lowest BCUT2D eigenvalue weighted by Gasteiger charge is -2.35. The topological polar surface area (TPSA) is 72.1 Å². The van der Waals surface area contributed by atoms with Crippen molar-refractivity contribution in [2.45, 2.75) is 6.04 Å². The Morgan fingerprint density at radius 1 is 1.00 bits per heavy atom. The van der Waals surface area contributed by atoms with Crippen molar-refractivity contribution in [1.29, 1.82) is 0 Å². The zero-order valence-corrected chi connectivity index (χ0v) is 16.3. The number of anilines is 1. The molecule has 7 heteroatoms. The van der Waals surface area contributed by atoms with Crippen molar-refractivity contribution in [2.24, 2.45) is 0 Å². The molecular weight excluding hydrogens is 358 g/mol. The van der Waals surface area contributed by atoms with Gasteiger partial charge in [-0.3, -0.25) is 4.90 Å². The van der Waals surface area contributed by atoms with Crippen LogP contribution in [0.1, 0.15) is 11.6 Å². The molecule has 1 fully saturated rings. The maximum Gasteiger partial charge on any atom is 0.319 e. The molecule has 0 aliphatic carbocycles. The quantitative estimate of drug-likeness (QED) is 0.767. The number of methoxy groups -OCH3 is 2. The van der Waals surface area contributed by atoms with Crippen molar-refractivity contribution < 1.29 is 19.0 Å². The number of ether oxygens (including phenoxy) is 3.